The van der Waals surface area contributed by atoms with Crippen molar-refractivity contribution in [1.29, 1.82) is 0 Å². The summed E-state index contributed by atoms with van der Waals surface area (Å²) >= 11 is 0. The summed E-state index contributed by atoms with van der Waals surface area (Å²) in [5.41, 5.74) is 5.63. The van der Waals surface area contributed by atoms with E-state index in [9.17, 15) is 0 Å². The molecule has 2 aliphatic rings. The van der Waals surface area contributed by atoms with Crippen molar-refractivity contribution in [3.8, 4) is 0 Å². The van der Waals surface area contributed by atoms with Crippen LogP contribution in [0.15, 0.2) is 0 Å². The Morgan fingerprint density at radius 3 is 2.64 bits per heavy atom. The largest absolute Gasteiger partial charge is 0.379 e. The standard InChI is InChI=1S/C8H15NO2/c9-6-3-8(4-6)11-7-1-2-10-5-7/h6-8H,1-5,9H2. The van der Waals surface area contributed by atoms with Crippen molar-refractivity contribution >= 4 is 0 Å². The minimum Gasteiger partial charge on any atom is -0.379 e. The highest BCUT2D eigenvalue weighted by atomic mass is 16.6. The van der Waals surface area contributed by atoms with Crippen LogP contribution >= 0.6 is 0 Å². The summed E-state index contributed by atoms with van der Waals surface area (Å²) in [6.45, 7) is 1.65. The first kappa shape index (κ1) is 7.53. The van der Waals surface area contributed by atoms with Crippen LogP contribution in [0.3, 0.4) is 0 Å². The van der Waals surface area contributed by atoms with E-state index in [0.29, 0.717) is 18.2 Å². The second-order valence-electron chi connectivity index (χ2n) is 3.48. The van der Waals surface area contributed by atoms with Gasteiger partial charge in [0.2, 0.25) is 0 Å². The van der Waals surface area contributed by atoms with Crippen LogP contribution < -0.4 is 5.73 Å². The first-order valence-electron chi connectivity index (χ1n) is 4.33. The minimum atomic E-state index is 0.354. The monoisotopic (exact) mass is 157 g/mol. The number of hydrogen-bond acceptors (Lipinski definition) is 3. The van der Waals surface area contributed by atoms with Crippen LogP contribution in [0.1, 0.15) is 19.3 Å². The smallest absolute Gasteiger partial charge is 0.0834 e. The molecule has 0 aromatic heterocycles. The summed E-state index contributed by atoms with van der Waals surface area (Å²) in [6, 6.07) is 0.391. The van der Waals surface area contributed by atoms with Gasteiger partial charge in [-0.2, -0.15) is 0 Å². The second kappa shape index (κ2) is 3.09. The molecule has 0 aromatic carbocycles. The van der Waals surface area contributed by atoms with Crippen molar-refractivity contribution in [2.45, 2.75) is 37.5 Å². The maximum absolute atomic E-state index is 5.71. The van der Waals surface area contributed by atoms with Gasteiger partial charge in [-0.3, -0.25) is 0 Å². The quantitative estimate of drug-likeness (QED) is 0.626. The van der Waals surface area contributed by atoms with Gasteiger partial charge in [-0.1, -0.05) is 0 Å². The lowest BCUT2D eigenvalue weighted by molar-refractivity contribution is -0.0596. The van der Waals surface area contributed by atoms with Crippen LogP contribution in [0.25, 0.3) is 0 Å². The predicted octanol–water partition coefficient (Wildman–Crippen LogP) is 0.282. The molecule has 2 rings (SSSR count). The van der Waals surface area contributed by atoms with Crippen molar-refractivity contribution in [3.05, 3.63) is 0 Å². The highest BCUT2D eigenvalue weighted by Crippen LogP contribution is 2.24. The van der Waals surface area contributed by atoms with Gasteiger partial charge in [-0.25, -0.2) is 0 Å². The van der Waals surface area contributed by atoms with E-state index in [4.69, 9.17) is 15.2 Å². The maximum Gasteiger partial charge on any atom is 0.0834 e. The van der Waals surface area contributed by atoms with E-state index in [1.54, 1.807) is 0 Å². The molecule has 1 aliphatic heterocycles. The number of nitrogens with two attached hydrogens (primary N) is 1. The lowest BCUT2D eigenvalue weighted by atomic mass is 9.90. The Labute approximate surface area is 66.8 Å². The second-order valence-corrected chi connectivity index (χ2v) is 3.48. The Bertz CT molecular complexity index is 128. The molecule has 1 saturated heterocycles. The molecule has 2 N–H and O–H groups in total. The molecule has 0 radical (unpaired) electrons. The molecule has 3 nitrogen and oxygen atoms in total. The molecular weight excluding hydrogens is 142 g/mol. The number of rotatable bonds is 2. The molecule has 0 spiro atoms. The van der Waals surface area contributed by atoms with Gasteiger partial charge in [0.25, 0.3) is 0 Å². The van der Waals surface area contributed by atoms with Gasteiger partial charge in [0, 0.05) is 12.6 Å². The fourth-order valence-corrected chi connectivity index (χ4v) is 1.61. The minimum absolute atomic E-state index is 0.354. The average Bonchev–Trinajstić information content (AvgIpc) is 2.36. The van der Waals surface area contributed by atoms with Gasteiger partial charge in [-0.15, -0.1) is 0 Å². The first-order valence-corrected chi connectivity index (χ1v) is 4.33. The van der Waals surface area contributed by atoms with Crippen molar-refractivity contribution in [2.24, 2.45) is 5.73 Å². The lowest BCUT2D eigenvalue weighted by Gasteiger charge is -2.33. The van der Waals surface area contributed by atoms with E-state index in [0.717, 1.165) is 32.5 Å². The summed E-state index contributed by atoms with van der Waals surface area (Å²) in [7, 11) is 0. The van der Waals surface area contributed by atoms with Crippen molar-refractivity contribution < 1.29 is 9.47 Å². The Kier molecular flexibility index (Phi) is 2.11. The Hall–Kier alpha value is -0.120. The third-order valence-corrected chi connectivity index (χ3v) is 2.40. The van der Waals surface area contributed by atoms with Crippen molar-refractivity contribution in [2.75, 3.05) is 13.2 Å². The van der Waals surface area contributed by atoms with E-state index in [1.807, 2.05) is 0 Å². The Balaban J connectivity index is 1.66. The molecule has 0 amide bonds. The third-order valence-electron chi connectivity index (χ3n) is 2.40. The maximum atomic E-state index is 5.71. The van der Waals surface area contributed by atoms with Crippen molar-refractivity contribution in [1.82, 2.24) is 0 Å². The molecule has 1 atom stereocenters. The molecule has 1 aliphatic carbocycles. The number of ether oxygens (including phenoxy) is 2. The van der Waals surface area contributed by atoms with Gasteiger partial charge in [-0.05, 0) is 19.3 Å². The summed E-state index contributed by atoms with van der Waals surface area (Å²) < 4.78 is 10.9. The van der Waals surface area contributed by atoms with E-state index in [-0.39, 0.29) is 0 Å². The Morgan fingerprint density at radius 1 is 1.27 bits per heavy atom. The van der Waals surface area contributed by atoms with E-state index >= 15 is 0 Å². The fraction of sp³-hybridized carbons (Fsp3) is 1.00. The van der Waals surface area contributed by atoms with Crippen LogP contribution in [-0.4, -0.2) is 31.5 Å². The topological polar surface area (TPSA) is 44.5 Å². The summed E-state index contributed by atoms with van der Waals surface area (Å²) in [4.78, 5) is 0. The first-order chi connectivity index (χ1) is 5.34. The highest BCUT2D eigenvalue weighted by Gasteiger charge is 2.30. The van der Waals surface area contributed by atoms with Crippen LogP contribution in [0.2, 0.25) is 0 Å². The molecule has 1 unspecified atom stereocenters. The zero-order valence-electron chi connectivity index (χ0n) is 6.66. The van der Waals surface area contributed by atoms with Gasteiger partial charge in [0.05, 0.1) is 18.8 Å². The van der Waals surface area contributed by atoms with E-state index in [1.165, 1.54) is 0 Å². The molecule has 11 heavy (non-hydrogen) atoms. The normalized spacial score (nSPS) is 43.9. The molecule has 3 heteroatoms. The predicted molar refractivity (Wildman–Crippen MR) is 41.3 cm³/mol. The highest BCUT2D eigenvalue weighted by molar-refractivity contribution is 4.84. The van der Waals surface area contributed by atoms with Crippen LogP contribution in [0.5, 0.6) is 0 Å². The van der Waals surface area contributed by atoms with Crippen molar-refractivity contribution in [3.63, 3.8) is 0 Å². The molecule has 2 fully saturated rings. The van der Waals surface area contributed by atoms with Gasteiger partial charge < -0.3 is 15.2 Å². The SMILES string of the molecule is NC1CC(OC2CCOC2)C1. The summed E-state index contributed by atoms with van der Waals surface area (Å²) in [5, 5.41) is 0. The van der Waals surface area contributed by atoms with Gasteiger partial charge in [0.15, 0.2) is 0 Å². The van der Waals surface area contributed by atoms with Crippen LogP contribution in [-0.2, 0) is 9.47 Å². The molecule has 0 bridgehead atoms. The van der Waals surface area contributed by atoms with Crippen LogP contribution in [0, 0.1) is 0 Å². The third kappa shape index (κ3) is 1.72. The molecule has 64 valence electrons. The number of hydrogen-bond donors (Lipinski definition) is 1. The van der Waals surface area contributed by atoms with Gasteiger partial charge in [0.1, 0.15) is 0 Å². The molecule has 1 heterocycles. The van der Waals surface area contributed by atoms with Gasteiger partial charge >= 0.3 is 0 Å². The molecule has 0 aromatic rings. The van der Waals surface area contributed by atoms with E-state index < -0.39 is 0 Å². The summed E-state index contributed by atoms with van der Waals surface area (Å²) in [5.74, 6) is 0. The zero-order chi connectivity index (χ0) is 7.68. The lowest BCUT2D eigenvalue weighted by Crippen LogP contribution is -2.43. The van der Waals surface area contributed by atoms with E-state index in [2.05, 4.69) is 0 Å². The molecular formula is C8H15NO2. The summed E-state index contributed by atoms with van der Waals surface area (Å²) in [6.07, 6.45) is 3.92. The van der Waals surface area contributed by atoms with Crippen LogP contribution in [0.4, 0.5) is 0 Å². The Morgan fingerprint density at radius 2 is 2.09 bits per heavy atom. The zero-order valence-corrected chi connectivity index (χ0v) is 6.66. The molecule has 1 saturated carbocycles. The average molecular weight is 157 g/mol. The fourth-order valence-electron chi connectivity index (χ4n) is 1.61.